The second-order valence-electron chi connectivity index (χ2n) is 24.8. The molecule has 0 radical (unpaired) electrons. The third-order valence-electron chi connectivity index (χ3n) is 15.2. The third kappa shape index (κ3) is 69.0. The number of nitrogens with zero attached hydrogens (tertiary/aromatic N) is 1. The van der Waals surface area contributed by atoms with E-state index in [0.717, 1.165) is 89.9 Å². The van der Waals surface area contributed by atoms with Gasteiger partial charge < -0.3 is 28.5 Å². The van der Waals surface area contributed by atoms with Gasteiger partial charge in [0.15, 0.2) is 6.10 Å². The maximum Gasteiger partial charge on any atom is 0.361 e. The number of unbranched alkanes of at least 4 members (excludes halogenated alkanes) is 30. The van der Waals surface area contributed by atoms with Crippen LogP contribution in [0.25, 0.3) is 0 Å². The molecule has 0 saturated heterocycles. The molecule has 0 heterocycles. The molecule has 87 heavy (non-hydrogen) atoms. The Kier molecular flexibility index (Phi) is 64.3. The number of allylic oxidation sites excluding steroid dienone is 20. The summed E-state index contributed by atoms with van der Waals surface area (Å²) in [5, 5.41) is 9.74. The molecule has 0 aromatic heterocycles. The first-order chi connectivity index (χ1) is 42.6. The number of carboxylic acid groups (broad SMARTS) is 1. The Morgan fingerprint density at radius 1 is 0.356 bits per heavy atom. The first-order valence-corrected chi connectivity index (χ1v) is 35.7. The van der Waals surface area contributed by atoms with Crippen LogP contribution in [-0.4, -0.2) is 87.4 Å². The van der Waals surface area contributed by atoms with Crippen LogP contribution in [0.1, 0.15) is 296 Å². The second kappa shape index (κ2) is 67.6. The van der Waals surface area contributed by atoms with Gasteiger partial charge in [-0.2, -0.15) is 0 Å². The highest BCUT2D eigenvalue weighted by Crippen LogP contribution is 2.17. The van der Waals surface area contributed by atoms with Crippen molar-refractivity contribution < 1.29 is 42.9 Å². The highest BCUT2D eigenvalue weighted by Gasteiger charge is 2.25. The topological polar surface area (TPSA) is 108 Å². The van der Waals surface area contributed by atoms with E-state index in [1.165, 1.54) is 173 Å². The van der Waals surface area contributed by atoms with Crippen molar-refractivity contribution in [1.29, 1.82) is 0 Å². The summed E-state index contributed by atoms with van der Waals surface area (Å²) >= 11 is 0. The molecule has 0 saturated carbocycles. The Morgan fingerprint density at radius 2 is 0.655 bits per heavy atom. The van der Waals surface area contributed by atoms with Gasteiger partial charge in [0.2, 0.25) is 0 Å². The Labute approximate surface area is 536 Å². The number of esters is 2. The van der Waals surface area contributed by atoms with Crippen molar-refractivity contribution in [1.82, 2.24) is 0 Å². The molecule has 1 N–H and O–H groups in total. The predicted molar refractivity (Wildman–Crippen MR) is 373 cm³/mol. The second-order valence-corrected chi connectivity index (χ2v) is 24.8. The SMILES string of the molecule is CC/C=C\C/C=C\C/C=C\C/C=C\C/C=C\C/C=C\C/C=C\C/C=C\CCCCC(=O)OC(COC(=O)CCCCCCCCCCCCCCCCCCCCCCCCC/C=C\C/C=C\CCCCCCC)COC(OCC[N+](C)(C)C)C(=O)O. The van der Waals surface area contributed by atoms with Gasteiger partial charge in [0.25, 0.3) is 6.29 Å². The molecule has 0 bridgehead atoms. The normalized spacial score (nSPS) is 13.4. The van der Waals surface area contributed by atoms with E-state index in [4.69, 9.17) is 18.9 Å². The Hall–Kier alpha value is -4.31. The molecule has 0 fully saturated rings. The Bertz CT molecular complexity index is 1840. The molecule has 0 aromatic rings. The fourth-order valence-electron chi connectivity index (χ4n) is 9.77. The number of ether oxygens (including phenoxy) is 4. The lowest BCUT2D eigenvalue weighted by Gasteiger charge is -2.25. The van der Waals surface area contributed by atoms with E-state index in [1.54, 1.807) is 0 Å². The number of aliphatic carboxylic acids is 1. The van der Waals surface area contributed by atoms with Gasteiger partial charge in [0.1, 0.15) is 13.2 Å². The molecule has 0 spiro atoms. The van der Waals surface area contributed by atoms with Crippen molar-refractivity contribution in [2.75, 3.05) is 47.5 Å². The quantitative estimate of drug-likeness (QED) is 0.0211. The van der Waals surface area contributed by atoms with Gasteiger partial charge in [-0.15, -0.1) is 0 Å². The zero-order chi connectivity index (χ0) is 63.3. The number of quaternary nitrogens is 1. The molecule has 0 aliphatic carbocycles. The van der Waals surface area contributed by atoms with Crippen LogP contribution in [0.4, 0.5) is 0 Å². The van der Waals surface area contributed by atoms with Crippen molar-refractivity contribution in [3.63, 3.8) is 0 Å². The molecule has 0 aliphatic heterocycles. The summed E-state index contributed by atoms with van der Waals surface area (Å²) in [7, 11) is 5.96. The molecular weight excluding hydrogens is 1080 g/mol. The largest absolute Gasteiger partial charge is 0.477 e. The smallest absolute Gasteiger partial charge is 0.361 e. The van der Waals surface area contributed by atoms with Gasteiger partial charge in [-0.25, -0.2) is 4.79 Å². The van der Waals surface area contributed by atoms with E-state index < -0.39 is 24.3 Å². The van der Waals surface area contributed by atoms with Crippen LogP contribution in [0.2, 0.25) is 0 Å². The standard InChI is InChI=1S/C78H133NO8/c1-6-8-10-12-14-16-18-20-22-24-26-28-30-32-34-35-36-37-38-39-40-41-43-44-46-48-50-52-54-56-58-60-62-64-66-68-75(80)85-72-74(73-86-78(77(82)83)84-71-70-79(3,4)5)87-76(81)69-67-65-63-61-59-57-55-53-51-49-47-45-42-33-31-29-27-25-23-21-19-17-15-13-11-9-7-2/h9,11,15,17-18,20-21,23-24,26-27,29,33,42,47,49,53,55,59,61,74,78H,6-8,10,12-14,16,19,22,25,28,30-32,34-41,43-46,48,50-52,54,56-58,60,62-73H2,1-5H3/p+1/b11-9-,17-15-,20-18-,23-21-,26-24-,29-27-,42-33-,49-47-,55-53-,61-59-. The number of hydrogen-bond donors (Lipinski definition) is 1. The van der Waals surface area contributed by atoms with Gasteiger partial charge >= 0.3 is 17.9 Å². The summed E-state index contributed by atoms with van der Waals surface area (Å²) in [5.74, 6) is -2.07. The molecule has 2 atom stereocenters. The van der Waals surface area contributed by atoms with Crippen LogP contribution >= 0.6 is 0 Å². The van der Waals surface area contributed by atoms with Crippen LogP contribution in [0.15, 0.2) is 122 Å². The lowest BCUT2D eigenvalue weighted by molar-refractivity contribution is -0.870. The molecule has 9 heteroatoms. The molecule has 0 amide bonds. The molecular formula is C78H134NO8+. The lowest BCUT2D eigenvalue weighted by Crippen LogP contribution is -2.40. The van der Waals surface area contributed by atoms with Crippen molar-refractivity contribution in [2.45, 2.75) is 309 Å². The van der Waals surface area contributed by atoms with Gasteiger partial charge in [0, 0.05) is 12.8 Å². The number of carbonyl (C=O) groups is 3. The van der Waals surface area contributed by atoms with E-state index in [0.29, 0.717) is 17.4 Å². The van der Waals surface area contributed by atoms with E-state index >= 15 is 0 Å². The maximum atomic E-state index is 12.9. The third-order valence-corrected chi connectivity index (χ3v) is 15.2. The van der Waals surface area contributed by atoms with Crippen LogP contribution in [-0.2, 0) is 33.3 Å². The lowest BCUT2D eigenvalue weighted by atomic mass is 10.0. The van der Waals surface area contributed by atoms with Gasteiger partial charge in [0.05, 0.1) is 34.4 Å². The number of carboxylic acids is 1. The summed E-state index contributed by atoms with van der Waals surface area (Å²) in [4.78, 5) is 37.6. The molecule has 9 nitrogen and oxygen atoms in total. The van der Waals surface area contributed by atoms with Gasteiger partial charge in [-0.1, -0.05) is 296 Å². The summed E-state index contributed by atoms with van der Waals surface area (Å²) in [6.07, 6.45) is 93.3. The summed E-state index contributed by atoms with van der Waals surface area (Å²) in [6, 6.07) is 0. The maximum absolute atomic E-state index is 12.9. The van der Waals surface area contributed by atoms with Gasteiger partial charge in [-0.05, 0) is 109 Å². The van der Waals surface area contributed by atoms with E-state index in [2.05, 4.69) is 135 Å². The number of likely N-dealkylation sites (N-methyl/N-ethyl adjacent to an activating group) is 1. The molecule has 0 aromatic carbocycles. The van der Waals surface area contributed by atoms with Crippen LogP contribution in [0.5, 0.6) is 0 Å². The van der Waals surface area contributed by atoms with Crippen LogP contribution in [0, 0.1) is 0 Å². The average Bonchev–Trinajstić information content (AvgIpc) is 3.56. The zero-order valence-corrected chi connectivity index (χ0v) is 56.9. The minimum absolute atomic E-state index is 0.174. The van der Waals surface area contributed by atoms with E-state index in [9.17, 15) is 19.5 Å². The highest BCUT2D eigenvalue weighted by molar-refractivity contribution is 5.71. The molecule has 2 unspecified atom stereocenters. The summed E-state index contributed by atoms with van der Waals surface area (Å²) in [6.45, 7) is 4.72. The number of hydrogen-bond acceptors (Lipinski definition) is 7. The van der Waals surface area contributed by atoms with E-state index in [1.807, 2.05) is 21.1 Å². The number of carbonyl (C=O) groups excluding carboxylic acids is 2. The average molecular weight is 1210 g/mol. The summed E-state index contributed by atoms with van der Waals surface area (Å²) in [5.41, 5.74) is 0. The van der Waals surface area contributed by atoms with Crippen molar-refractivity contribution >= 4 is 17.9 Å². The van der Waals surface area contributed by atoms with Gasteiger partial charge in [-0.3, -0.25) is 9.59 Å². The predicted octanol–water partition coefficient (Wildman–Crippen LogP) is 22.4. The highest BCUT2D eigenvalue weighted by atomic mass is 16.7. The molecule has 0 aliphatic rings. The number of rotatable bonds is 65. The fraction of sp³-hybridized carbons (Fsp3) is 0.705. The van der Waals surface area contributed by atoms with Crippen LogP contribution < -0.4 is 0 Å². The fourth-order valence-corrected chi connectivity index (χ4v) is 9.77. The van der Waals surface area contributed by atoms with E-state index in [-0.39, 0.29) is 38.6 Å². The first kappa shape index (κ1) is 82.7. The zero-order valence-electron chi connectivity index (χ0n) is 56.9. The summed E-state index contributed by atoms with van der Waals surface area (Å²) < 4.78 is 22.9. The molecule has 498 valence electrons. The van der Waals surface area contributed by atoms with Crippen molar-refractivity contribution in [2.24, 2.45) is 0 Å². The minimum Gasteiger partial charge on any atom is -0.477 e. The van der Waals surface area contributed by atoms with Crippen LogP contribution in [0.3, 0.4) is 0 Å². The Balaban J connectivity index is 4.15. The van der Waals surface area contributed by atoms with Crippen molar-refractivity contribution in [3.05, 3.63) is 122 Å². The monoisotopic (exact) mass is 1210 g/mol. The molecule has 0 rings (SSSR count). The minimum atomic E-state index is -1.53. The Morgan fingerprint density at radius 3 is 1.00 bits per heavy atom. The first-order valence-electron chi connectivity index (χ1n) is 35.7. The van der Waals surface area contributed by atoms with Crippen molar-refractivity contribution in [3.8, 4) is 0 Å².